The summed E-state index contributed by atoms with van der Waals surface area (Å²) < 4.78 is 37.7. The second kappa shape index (κ2) is 7.50. The highest BCUT2D eigenvalue weighted by Gasteiger charge is 2.32. The average molecular weight is 274 g/mol. The normalized spacial score (nSPS) is 13.8. The van der Waals surface area contributed by atoms with Gasteiger partial charge in [0.15, 0.2) is 0 Å². The van der Waals surface area contributed by atoms with Crippen molar-refractivity contribution < 1.29 is 13.2 Å². The molecule has 0 spiro atoms. The SMILES string of the molecule is CN(C)CCCNC(CC(F)(F)F)c1ccccc1. The number of rotatable bonds is 7. The molecule has 0 saturated carbocycles. The van der Waals surface area contributed by atoms with Crippen molar-refractivity contribution in [3.63, 3.8) is 0 Å². The van der Waals surface area contributed by atoms with Crippen molar-refractivity contribution in [2.24, 2.45) is 0 Å². The predicted octanol–water partition coefficient (Wildman–Crippen LogP) is 3.22. The highest BCUT2D eigenvalue weighted by molar-refractivity contribution is 5.19. The summed E-state index contributed by atoms with van der Waals surface area (Å²) in [5.74, 6) is 0. The Morgan fingerprint density at radius 1 is 1.16 bits per heavy atom. The molecule has 1 unspecified atom stereocenters. The van der Waals surface area contributed by atoms with Crippen molar-refractivity contribution >= 4 is 0 Å². The van der Waals surface area contributed by atoms with Gasteiger partial charge >= 0.3 is 6.18 Å². The number of hydrogen-bond donors (Lipinski definition) is 1. The Hall–Kier alpha value is -1.07. The molecule has 1 aromatic carbocycles. The predicted molar refractivity (Wildman–Crippen MR) is 71.0 cm³/mol. The summed E-state index contributed by atoms with van der Waals surface area (Å²) >= 11 is 0. The maximum atomic E-state index is 12.6. The molecule has 108 valence electrons. The molecule has 0 aliphatic rings. The van der Waals surface area contributed by atoms with Crippen LogP contribution in [-0.2, 0) is 0 Å². The zero-order valence-corrected chi connectivity index (χ0v) is 11.4. The van der Waals surface area contributed by atoms with Crippen molar-refractivity contribution in [2.45, 2.75) is 25.1 Å². The van der Waals surface area contributed by atoms with Gasteiger partial charge < -0.3 is 10.2 Å². The lowest BCUT2D eigenvalue weighted by Crippen LogP contribution is -2.29. The molecule has 19 heavy (non-hydrogen) atoms. The first-order valence-electron chi connectivity index (χ1n) is 6.38. The van der Waals surface area contributed by atoms with Gasteiger partial charge in [0.1, 0.15) is 0 Å². The fraction of sp³-hybridized carbons (Fsp3) is 0.571. The molecule has 0 fully saturated rings. The van der Waals surface area contributed by atoms with Crippen LogP contribution >= 0.6 is 0 Å². The molecule has 5 heteroatoms. The van der Waals surface area contributed by atoms with Gasteiger partial charge in [0.05, 0.1) is 6.42 Å². The minimum absolute atomic E-state index is 0.577. The summed E-state index contributed by atoms with van der Waals surface area (Å²) in [6, 6.07) is 8.13. The molecular formula is C14H21F3N2. The molecule has 0 aromatic heterocycles. The summed E-state index contributed by atoms with van der Waals surface area (Å²) in [5, 5.41) is 3.00. The lowest BCUT2D eigenvalue weighted by molar-refractivity contribution is -0.140. The molecule has 1 rings (SSSR count). The second-order valence-corrected chi connectivity index (χ2v) is 4.89. The van der Waals surface area contributed by atoms with Crippen LogP contribution in [0.3, 0.4) is 0 Å². The van der Waals surface area contributed by atoms with Crippen molar-refractivity contribution in [3.8, 4) is 0 Å². The van der Waals surface area contributed by atoms with Gasteiger partial charge in [-0.15, -0.1) is 0 Å². The van der Waals surface area contributed by atoms with Crippen LogP contribution in [0.15, 0.2) is 30.3 Å². The fourth-order valence-corrected chi connectivity index (χ4v) is 1.90. The van der Waals surface area contributed by atoms with Crippen molar-refractivity contribution in [1.82, 2.24) is 10.2 Å². The van der Waals surface area contributed by atoms with Crippen LogP contribution in [0.25, 0.3) is 0 Å². The monoisotopic (exact) mass is 274 g/mol. The first-order chi connectivity index (χ1) is 8.88. The summed E-state index contributed by atoms with van der Waals surface area (Å²) in [5.41, 5.74) is 0.685. The third-order valence-electron chi connectivity index (χ3n) is 2.81. The molecule has 0 saturated heterocycles. The fourth-order valence-electron chi connectivity index (χ4n) is 1.90. The van der Waals surface area contributed by atoms with E-state index in [0.29, 0.717) is 12.1 Å². The molecule has 0 amide bonds. The lowest BCUT2D eigenvalue weighted by atomic mass is 10.0. The number of nitrogens with one attached hydrogen (secondary N) is 1. The maximum Gasteiger partial charge on any atom is 0.390 e. The molecule has 1 aromatic rings. The van der Waals surface area contributed by atoms with Crippen LogP contribution in [0.1, 0.15) is 24.4 Å². The van der Waals surface area contributed by atoms with E-state index in [2.05, 4.69) is 5.32 Å². The number of hydrogen-bond acceptors (Lipinski definition) is 2. The molecule has 0 radical (unpaired) electrons. The molecule has 0 aliphatic heterocycles. The molecule has 1 N–H and O–H groups in total. The number of halogens is 3. The smallest absolute Gasteiger partial charge is 0.310 e. The maximum absolute atomic E-state index is 12.6. The average Bonchev–Trinajstić information content (AvgIpc) is 2.32. The minimum Gasteiger partial charge on any atom is -0.310 e. The van der Waals surface area contributed by atoms with Gasteiger partial charge in [0.2, 0.25) is 0 Å². The molecular weight excluding hydrogens is 253 g/mol. The number of benzene rings is 1. The van der Waals surface area contributed by atoms with Crippen LogP contribution in [0.4, 0.5) is 13.2 Å². The Balaban J connectivity index is 2.56. The molecule has 2 nitrogen and oxygen atoms in total. The lowest BCUT2D eigenvalue weighted by Gasteiger charge is -2.21. The highest BCUT2D eigenvalue weighted by atomic mass is 19.4. The van der Waals surface area contributed by atoms with Gasteiger partial charge in [-0.05, 0) is 39.2 Å². The summed E-state index contributed by atoms with van der Waals surface area (Å²) in [4.78, 5) is 2.02. The van der Waals surface area contributed by atoms with Gasteiger partial charge in [-0.2, -0.15) is 13.2 Å². The third-order valence-corrected chi connectivity index (χ3v) is 2.81. The Kier molecular flexibility index (Phi) is 6.31. The molecule has 1 atom stereocenters. The third kappa shape index (κ3) is 7.18. The zero-order valence-electron chi connectivity index (χ0n) is 11.4. The van der Waals surface area contributed by atoms with Gasteiger partial charge in [0.25, 0.3) is 0 Å². The van der Waals surface area contributed by atoms with Crippen molar-refractivity contribution in [2.75, 3.05) is 27.2 Å². The molecule has 0 bridgehead atoms. The van der Waals surface area contributed by atoms with E-state index in [1.165, 1.54) is 0 Å². The van der Waals surface area contributed by atoms with Crippen LogP contribution in [0.2, 0.25) is 0 Å². The van der Waals surface area contributed by atoms with E-state index in [9.17, 15) is 13.2 Å². The highest BCUT2D eigenvalue weighted by Crippen LogP contribution is 2.29. The second-order valence-electron chi connectivity index (χ2n) is 4.89. The largest absolute Gasteiger partial charge is 0.390 e. The molecule has 0 heterocycles. The van der Waals surface area contributed by atoms with Gasteiger partial charge in [-0.3, -0.25) is 0 Å². The first kappa shape index (κ1) is 16.0. The molecule has 0 aliphatic carbocycles. The van der Waals surface area contributed by atoms with E-state index < -0.39 is 18.6 Å². The van der Waals surface area contributed by atoms with Crippen molar-refractivity contribution in [1.29, 1.82) is 0 Å². The minimum atomic E-state index is -4.16. The van der Waals surface area contributed by atoms with E-state index in [-0.39, 0.29) is 0 Å². The Morgan fingerprint density at radius 2 is 1.79 bits per heavy atom. The van der Waals surface area contributed by atoms with E-state index in [0.717, 1.165) is 13.0 Å². The Bertz CT molecular complexity index is 349. The quantitative estimate of drug-likeness (QED) is 0.768. The summed E-state index contributed by atoms with van der Waals surface area (Å²) in [6.45, 7) is 1.44. The van der Waals surface area contributed by atoms with Gasteiger partial charge in [-0.25, -0.2) is 0 Å². The summed E-state index contributed by atoms with van der Waals surface area (Å²) in [7, 11) is 3.90. The Morgan fingerprint density at radius 3 is 2.32 bits per heavy atom. The van der Waals surface area contributed by atoms with Gasteiger partial charge in [0, 0.05) is 6.04 Å². The standard InChI is InChI=1S/C14H21F3N2/c1-19(2)10-6-9-18-13(11-14(15,16)17)12-7-4-3-5-8-12/h3-5,7-8,13,18H,6,9-11H2,1-2H3. The van der Waals surface area contributed by atoms with Crippen LogP contribution in [0.5, 0.6) is 0 Å². The van der Waals surface area contributed by atoms with Crippen molar-refractivity contribution in [3.05, 3.63) is 35.9 Å². The van der Waals surface area contributed by atoms with Gasteiger partial charge in [-0.1, -0.05) is 30.3 Å². The van der Waals surface area contributed by atoms with Crippen LogP contribution in [-0.4, -0.2) is 38.3 Å². The topological polar surface area (TPSA) is 15.3 Å². The van der Waals surface area contributed by atoms with E-state index in [4.69, 9.17) is 0 Å². The summed E-state index contributed by atoms with van der Waals surface area (Å²) in [6.07, 6.45) is -4.16. The van der Waals surface area contributed by atoms with E-state index in [1.54, 1.807) is 30.3 Å². The zero-order chi connectivity index (χ0) is 14.3. The number of nitrogens with zero attached hydrogens (tertiary/aromatic N) is 1. The van der Waals surface area contributed by atoms with Crippen LogP contribution in [0, 0.1) is 0 Å². The van der Waals surface area contributed by atoms with Crippen LogP contribution < -0.4 is 5.32 Å². The van der Waals surface area contributed by atoms with E-state index in [1.807, 2.05) is 19.0 Å². The van der Waals surface area contributed by atoms with E-state index >= 15 is 0 Å². The number of alkyl halides is 3. The Labute approximate surface area is 112 Å². The first-order valence-corrected chi connectivity index (χ1v) is 6.38.